The van der Waals surface area contributed by atoms with Crippen LogP contribution in [0.3, 0.4) is 0 Å². The van der Waals surface area contributed by atoms with Gasteiger partial charge in [-0.2, -0.15) is 0 Å². The fraction of sp³-hybridized carbons (Fsp3) is 0.273. The number of nitrogens with zero attached hydrogens (tertiary/aromatic N) is 4. The van der Waals surface area contributed by atoms with E-state index in [0.29, 0.717) is 5.69 Å². The molecule has 144 valence electrons. The van der Waals surface area contributed by atoms with E-state index in [1.54, 1.807) is 12.4 Å². The van der Waals surface area contributed by atoms with Gasteiger partial charge in [-0.25, -0.2) is 14.4 Å². The van der Waals surface area contributed by atoms with Crippen LogP contribution in [0.15, 0.2) is 67.0 Å². The zero-order chi connectivity index (χ0) is 19.2. The van der Waals surface area contributed by atoms with Gasteiger partial charge in [-0.3, -0.25) is 0 Å². The van der Waals surface area contributed by atoms with Crippen LogP contribution in [0.4, 0.5) is 21.7 Å². The summed E-state index contributed by atoms with van der Waals surface area (Å²) in [5.41, 5.74) is 1.97. The van der Waals surface area contributed by atoms with Gasteiger partial charge in [-0.15, -0.1) is 0 Å². The van der Waals surface area contributed by atoms with Crippen molar-refractivity contribution in [2.75, 3.05) is 47.8 Å². The molecule has 28 heavy (non-hydrogen) atoms. The number of para-hydroxylation sites is 1. The van der Waals surface area contributed by atoms with Crippen LogP contribution in [0, 0.1) is 5.82 Å². The number of rotatable bonds is 6. The smallest absolute Gasteiger partial charge is 0.146 e. The minimum atomic E-state index is -0.164. The van der Waals surface area contributed by atoms with E-state index >= 15 is 0 Å². The number of piperazine rings is 1. The number of anilines is 3. The molecule has 1 saturated heterocycles. The molecule has 1 aromatic heterocycles. The second-order valence-electron chi connectivity index (χ2n) is 6.85. The van der Waals surface area contributed by atoms with Crippen LogP contribution in [0.2, 0.25) is 0 Å². The standard InChI is InChI=1S/C22H24FN5/c23-19-8-4-5-9-20(19)27-12-14-28(15-13-27)22-16-21(25-17-26-22)24-11-10-18-6-2-1-3-7-18/h1-9,16-17H,10-15H2,(H,24,25,26). The van der Waals surface area contributed by atoms with Gasteiger partial charge in [0.2, 0.25) is 0 Å². The molecule has 0 bridgehead atoms. The van der Waals surface area contributed by atoms with Crippen LogP contribution in [0.5, 0.6) is 0 Å². The molecule has 3 aromatic rings. The molecule has 1 aliphatic rings. The van der Waals surface area contributed by atoms with E-state index < -0.39 is 0 Å². The Morgan fingerprint density at radius 2 is 1.57 bits per heavy atom. The van der Waals surface area contributed by atoms with Crippen molar-refractivity contribution < 1.29 is 4.39 Å². The summed E-state index contributed by atoms with van der Waals surface area (Å²) in [6.07, 6.45) is 2.55. The molecular weight excluding hydrogens is 353 g/mol. The van der Waals surface area contributed by atoms with Crippen LogP contribution in [-0.2, 0) is 6.42 Å². The summed E-state index contributed by atoms with van der Waals surface area (Å²) in [6, 6.07) is 19.3. The number of hydrogen-bond donors (Lipinski definition) is 1. The van der Waals surface area contributed by atoms with Crippen molar-refractivity contribution in [3.8, 4) is 0 Å². The predicted octanol–water partition coefficient (Wildman–Crippen LogP) is 3.60. The Morgan fingerprint density at radius 3 is 2.36 bits per heavy atom. The Morgan fingerprint density at radius 1 is 0.857 bits per heavy atom. The summed E-state index contributed by atoms with van der Waals surface area (Å²) in [7, 11) is 0. The van der Waals surface area contributed by atoms with E-state index in [2.05, 4.69) is 49.4 Å². The van der Waals surface area contributed by atoms with Crippen LogP contribution >= 0.6 is 0 Å². The fourth-order valence-electron chi connectivity index (χ4n) is 3.48. The average Bonchev–Trinajstić information content (AvgIpc) is 2.75. The molecule has 4 rings (SSSR count). The summed E-state index contributed by atoms with van der Waals surface area (Å²) in [6.45, 7) is 3.95. The highest BCUT2D eigenvalue weighted by Gasteiger charge is 2.20. The Labute approximate surface area is 164 Å². The molecule has 5 nitrogen and oxygen atoms in total. The Kier molecular flexibility index (Phi) is 5.66. The van der Waals surface area contributed by atoms with Gasteiger partial charge in [0.15, 0.2) is 0 Å². The Balaban J connectivity index is 1.33. The minimum Gasteiger partial charge on any atom is -0.370 e. The third-order valence-corrected chi connectivity index (χ3v) is 5.01. The van der Waals surface area contributed by atoms with Crippen molar-refractivity contribution in [1.29, 1.82) is 0 Å². The lowest BCUT2D eigenvalue weighted by Gasteiger charge is -2.36. The highest BCUT2D eigenvalue weighted by molar-refractivity contribution is 5.52. The number of nitrogens with one attached hydrogen (secondary N) is 1. The fourth-order valence-corrected chi connectivity index (χ4v) is 3.48. The first-order valence-corrected chi connectivity index (χ1v) is 9.64. The van der Waals surface area contributed by atoms with Crippen molar-refractivity contribution in [1.82, 2.24) is 9.97 Å². The summed E-state index contributed by atoms with van der Waals surface area (Å²) >= 11 is 0. The van der Waals surface area contributed by atoms with Gasteiger partial charge in [0.1, 0.15) is 23.8 Å². The van der Waals surface area contributed by atoms with E-state index in [-0.39, 0.29) is 5.82 Å². The lowest BCUT2D eigenvalue weighted by molar-refractivity contribution is 0.596. The van der Waals surface area contributed by atoms with Gasteiger partial charge < -0.3 is 15.1 Å². The van der Waals surface area contributed by atoms with Crippen molar-refractivity contribution in [2.45, 2.75) is 6.42 Å². The maximum Gasteiger partial charge on any atom is 0.146 e. The zero-order valence-corrected chi connectivity index (χ0v) is 15.8. The zero-order valence-electron chi connectivity index (χ0n) is 15.8. The molecular formula is C22H24FN5. The maximum atomic E-state index is 14.0. The summed E-state index contributed by atoms with van der Waals surface area (Å²) in [5.74, 6) is 1.57. The van der Waals surface area contributed by atoms with Crippen molar-refractivity contribution in [3.05, 3.63) is 78.4 Å². The van der Waals surface area contributed by atoms with Gasteiger partial charge >= 0.3 is 0 Å². The molecule has 6 heteroatoms. The van der Waals surface area contributed by atoms with Crippen molar-refractivity contribution in [2.24, 2.45) is 0 Å². The molecule has 2 aromatic carbocycles. The lowest BCUT2D eigenvalue weighted by Crippen LogP contribution is -2.47. The van der Waals surface area contributed by atoms with E-state index in [1.165, 1.54) is 11.6 Å². The molecule has 0 unspecified atom stereocenters. The first-order valence-electron chi connectivity index (χ1n) is 9.64. The predicted molar refractivity (Wildman–Crippen MR) is 111 cm³/mol. The second kappa shape index (κ2) is 8.69. The third kappa shape index (κ3) is 4.39. The summed E-state index contributed by atoms with van der Waals surface area (Å²) in [4.78, 5) is 13.1. The van der Waals surface area contributed by atoms with Crippen molar-refractivity contribution in [3.63, 3.8) is 0 Å². The van der Waals surface area contributed by atoms with E-state index in [1.807, 2.05) is 24.3 Å². The maximum absolute atomic E-state index is 14.0. The van der Waals surface area contributed by atoms with Gasteiger partial charge in [0.25, 0.3) is 0 Å². The summed E-state index contributed by atoms with van der Waals surface area (Å²) in [5, 5.41) is 3.38. The normalized spacial score (nSPS) is 14.2. The monoisotopic (exact) mass is 377 g/mol. The minimum absolute atomic E-state index is 0.164. The largest absolute Gasteiger partial charge is 0.370 e. The average molecular weight is 377 g/mol. The molecule has 0 amide bonds. The van der Waals surface area contributed by atoms with E-state index in [0.717, 1.165) is 50.8 Å². The van der Waals surface area contributed by atoms with Gasteiger partial charge in [-0.05, 0) is 24.1 Å². The number of aromatic nitrogens is 2. The Bertz CT molecular complexity index is 894. The quantitative estimate of drug-likeness (QED) is 0.711. The SMILES string of the molecule is Fc1ccccc1N1CCN(c2cc(NCCc3ccccc3)ncn2)CC1. The van der Waals surface area contributed by atoms with Crippen molar-refractivity contribution >= 4 is 17.3 Å². The highest BCUT2D eigenvalue weighted by atomic mass is 19.1. The number of benzene rings is 2. The molecule has 2 heterocycles. The van der Waals surface area contributed by atoms with E-state index in [9.17, 15) is 4.39 Å². The number of halogens is 1. The molecule has 0 spiro atoms. The topological polar surface area (TPSA) is 44.3 Å². The van der Waals surface area contributed by atoms with Crippen LogP contribution in [0.25, 0.3) is 0 Å². The molecule has 0 atom stereocenters. The highest BCUT2D eigenvalue weighted by Crippen LogP contribution is 2.22. The summed E-state index contributed by atoms with van der Waals surface area (Å²) < 4.78 is 14.0. The van der Waals surface area contributed by atoms with Gasteiger partial charge in [0, 0.05) is 38.8 Å². The van der Waals surface area contributed by atoms with Crippen LogP contribution < -0.4 is 15.1 Å². The van der Waals surface area contributed by atoms with E-state index in [4.69, 9.17) is 0 Å². The third-order valence-electron chi connectivity index (χ3n) is 5.01. The van der Waals surface area contributed by atoms with Crippen LogP contribution in [-0.4, -0.2) is 42.7 Å². The first kappa shape index (κ1) is 18.2. The van der Waals surface area contributed by atoms with Gasteiger partial charge in [-0.1, -0.05) is 42.5 Å². The second-order valence-corrected chi connectivity index (χ2v) is 6.85. The Hall–Kier alpha value is -3.15. The van der Waals surface area contributed by atoms with Crippen LogP contribution in [0.1, 0.15) is 5.56 Å². The molecule has 0 saturated carbocycles. The molecule has 1 N–H and O–H groups in total. The molecule has 1 aliphatic heterocycles. The lowest BCUT2D eigenvalue weighted by atomic mass is 10.1. The first-order chi connectivity index (χ1) is 13.8. The molecule has 0 radical (unpaired) electrons. The van der Waals surface area contributed by atoms with Gasteiger partial charge in [0.05, 0.1) is 5.69 Å². The molecule has 0 aliphatic carbocycles. The molecule has 1 fully saturated rings. The number of hydrogen-bond acceptors (Lipinski definition) is 5.